The van der Waals surface area contributed by atoms with Gasteiger partial charge in [-0.15, -0.1) is 0 Å². The Morgan fingerprint density at radius 3 is 2.04 bits per heavy atom. The number of nitrogens with one attached hydrogen (secondary N) is 3. The molecule has 13 heteroatoms. The third-order valence-corrected chi connectivity index (χ3v) is 7.21. The van der Waals surface area contributed by atoms with Crippen LogP contribution in [0.3, 0.4) is 0 Å². The van der Waals surface area contributed by atoms with Crippen LogP contribution in [0.5, 0.6) is 0 Å². The normalized spacial score (nSPS) is 20.6. The zero-order valence-electron chi connectivity index (χ0n) is 29.2. The number of hydrogen-bond donors (Lipinski definition) is 4. The maximum absolute atomic E-state index is 12.0. The SMILES string of the molecule is CC.CC(C)C.COC(C)C.N.N#CC1CC(C(=O)Nc2ccc[nH]c2=O)CN1C=O.O=CNCC(=O)N1CC2CCCCC2C1. The maximum Gasteiger partial charge on any atom is 0.271 e. The van der Waals surface area contributed by atoms with Crippen LogP contribution in [-0.4, -0.2) is 84.9 Å². The van der Waals surface area contributed by atoms with Crippen LogP contribution in [-0.2, 0) is 23.9 Å². The number of fused-ring (bicyclic) bond motifs is 1. The second-order valence-electron chi connectivity index (χ2n) is 11.9. The van der Waals surface area contributed by atoms with E-state index in [0.717, 1.165) is 30.8 Å². The zero-order chi connectivity index (χ0) is 34.4. The Bertz CT molecular complexity index is 1090. The Hall–Kier alpha value is -3.76. The van der Waals surface area contributed by atoms with Gasteiger partial charge in [-0.1, -0.05) is 47.5 Å². The van der Waals surface area contributed by atoms with E-state index in [2.05, 4.69) is 36.4 Å². The van der Waals surface area contributed by atoms with Crippen molar-refractivity contribution in [1.29, 1.82) is 5.26 Å². The smallest absolute Gasteiger partial charge is 0.271 e. The highest BCUT2D eigenvalue weighted by Gasteiger charge is 2.36. The molecule has 1 saturated carbocycles. The van der Waals surface area contributed by atoms with Gasteiger partial charge in [-0.2, -0.15) is 5.26 Å². The lowest BCUT2D eigenvalue weighted by Crippen LogP contribution is -2.36. The summed E-state index contributed by atoms with van der Waals surface area (Å²) in [5.74, 6) is 1.50. The first-order valence-corrected chi connectivity index (χ1v) is 16.0. The van der Waals surface area contributed by atoms with Crippen LogP contribution in [0.1, 0.15) is 80.6 Å². The minimum atomic E-state index is -0.581. The minimum absolute atomic E-state index is 0. The molecule has 4 rings (SSSR count). The van der Waals surface area contributed by atoms with Crippen molar-refractivity contribution in [3.05, 3.63) is 28.7 Å². The average molecular weight is 650 g/mol. The van der Waals surface area contributed by atoms with Gasteiger partial charge in [-0.25, -0.2) is 0 Å². The summed E-state index contributed by atoms with van der Waals surface area (Å²) in [4.78, 5) is 61.5. The number of carbonyl (C=O) groups excluding carboxylic acids is 4. The van der Waals surface area contributed by atoms with Crippen molar-refractivity contribution in [2.45, 2.75) is 92.7 Å². The number of amides is 4. The van der Waals surface area contributed by atoms with Crippen LogP contribution in [0, 0.1) is 35.0 Å². The lowest BCUT2D eigenvalue weighted by molar-refractivity contribution is -0.130. The Labute approximate surface area is 275 Å². The summed E-state index contributed by atoms with van der Waals surface area (Å²) in [5.41, 5.74) is -0.233. The summed E-state index contributed by atoms with van der Waals surface area (Å²) < 4.78 is 4.75. The molecule has 1 aliphatic carbocycles. The van der Waals surface area contributed by atoms with Crippen LogP contribution in [0.4, 0.5) is 5.69 Å². The summed E-state index contributed by atoms with van der Waals surface area (Å²) in [6, 6.07) is 4.48. The van der Waals surface area contributed by atoms with E-state index in [4.69, 9.17) is 10.00 Å². The van der Waals surface area contributed by atoms with Gasteiger partial charge in [-0.3, -0.25) is 24.0 Å². The van der Waals surface area contributed by atoms with Gasteiger partial charge in [0.25, 0.3) is 5.56 Å². The fourth-order valence-electron chi connectivity index (χ4n) is 4.90. The van der Waals surface area contributed by atoms with Gasteiger partial charge in [0.05, 0.1) is 24.6 Å². The summed E-state index contributed by atoms with van der Waals surface area (Å²) in [6.07, 6.45) is 8.46. The second-order valence-corrected chi connectivity index (χ2v) is 11.9. The van der Waals surface area contributed by atoms with Crippen LogP contribution >= 0.6 is 0 Å². The molecule has 46 heavy (non-hydrogen) atoms. The Balaban J connectivity index is 0. The molecule has 2 saturated heterocycles. The van der Waals surface area contributed by atoms with Crippen LogP contribution in [0.2, 0.25) is 0 Å². The topological polar surface area (TPSA) is 200 Å². The molecule has 4 unspecified atom stereocenters. The van der Waals surface area contributed by atoms with E-state index in [9.17, 15) is 24.0 Å². The summed E-state index contributed by atoms with van der Waals surface area (Å²) in [7, 11) is 1.70. The van der Waals surface area contributed by atoms with Crippen molar-refractivity contribution >= 4 is 30.3 Å². The van der Waals surface area contributed by atoms with Crippen molar-refractivity contribution in [1.82, 2.24) is 26.3 Å². The lowest BCUT2D eigenvalue weighted by Gasteiger charge is -2.22. The third-order valence-electron chi connectivity index (χ3n) is 7.21. The summed E-state index contributed by atoms with van der Waals surface area (Å²) in [5, 5.41) is 13.8. The molecule has 2 aliphatic heterocycles. The van der Waals surface area contributed by atoms with Crippen molar-refractivity contribution < 1.29 is 23.9 Å². The predicted molar refractivity (Wildman–Crippen MR) is 181 cm³/mol. The fourth-order valence-corrected chi connectivity index (χ4v) is 4.90. The number of nitrogens with zero attached hydrogens (tertiary/aromatic N) is 3. The lowest BCUT2D eigenvalue weighted by atomic mass is 9.82. The van der Waals surface area contributed by atoms with E-state index in [1.165, 1.54) is 42.8 Å². The Kier molecular flexibility index (Phi) is 24.5. The molecule has 3 fully saturated rings. The van der Waals surface area contributed by atoms with E-state index < -0.39 is 17.5 Å². The van der Waals surface area contributed by atoms with Gasteiger partial charge >= 0.3 is 0 Å². The molecule has 0 radical (unpaired) electrons. The molecule has 13 nitrogen and oxygen atoms in total. The highest BCUT2D eigenvalue weighted by atomic mass is 16.5. The molecule has 1 aromatic rings. The molecule has 1 aromatic heterocycles. The van der Waals surface area contributed by atoms with Crippen molar-refractivity contribution in [3.63, 3.8) is 0 Å². The number of rotatable bonds is 7. The molecule has 4 atom stereocenters. The molecule has 4 amide bonds. The molecule has 3 heterocycles. The maximum atomic E-state index is 12.0. The van der Waals surface area contributed by atoms with Gasteiger partial charge < -0.3 is 36.3 Å². The van der Waals surface area contributed by atoms with E-state index in [1.807, 2.05) is 38.7 Å². The first-order chi connectivity index (χ1) is 21.5. The number of hydrogen-bond acceptors (Lipinski definition) is 8. The number of anilines is 1. The number of aromatic nitrogens is 1. The van der Waals surface area contributed by atoms with Gasteiger partial charge in [-0.05, 0) is 63.0 Å². The molecule has 0 bridgehead atoms. The molecule has 262 valence electrons. The number of carbonyl (C=O) groups is 4. The number of nitriles is 1. The standard InChI is InChI=1S/C12H12N4O3.C11H18N2O2.C4H10O.C4H10.C2H6.H3N/c13-5-9-4-8(6-16(9)7-17)11(18)15-10-2-1-3-14-12(10)19;14-8-12-5-11(15)13-6-9-3-1-2-4-10(9)7-13;1-4(2)5-3;1-4(2)3;1-2;/h1-3,7-9H,4,6H2,(H,14,19)(H,15,18);8-10H,1-7H2,(H,12,14);4H,1-3H3;4H,1-3H3;1-2H3;1H3. The van der Waals surface area contributed by atoms with E-state index in [0.29, 0.717) is 18.9 Å². The van der Waals surface area contributed by atoms with E-state index in [1.54, 1.807) is 13.2 Å². The largest absolute Gasteiger partial charge is 0.382 e. The van der Waals surface area contributed by atoms with Gasteiger partial charge in [0, 0.05) is 32.9 Å². The summed E-state index contributed by atoms with van der Waals surface area (Å²) in [6.45, 7) is 16.7. The second kappa shape index (κ2) is 25.4. The highest BCUT2D eigenvalue weighted by molar-refractivity contribution is 5.93. The average Bonchev–Trinajstić information content (AvgIpc) is 3.67. The quantitative estimate of drug-likeness (QED) is 0.318. The first-order valence-electron chi connectivity index (χ1n) is 16.0. The van der Waals surface area contributed by atoms with E-state index >= 15 is 0 Å². The molecule has 0 aromatic carbocycles. The first kappa shape index (κ1) is 44.4. The Morgan fingerprint density at radius 1 is 1.09 bits per heavy atom. The van der Waals surface area contributed by atoms with Gasteiger partial charge in [0.1, 0.15) is 11.7 Å². The van der Waals surface area contributed by atoms with Crippen LogP contribution in [0.15, 0.2) is 23.1 Å². The Morgan fingerprint density at radius 2 is 1.63 bits per heavy atom. The van der Waals surface area contributed by atoms with Gasteiger partial charge in [0.15, 0.2) is 0 Å². The van der Waals surface area contributed by atoms with Crippen molar-refractivity contribution in [3.8, 4) is 6.07 Å². The van der Waals surface area contributed by atoms with Crippen molar-refractivity contribution in [2.75, 3.05) is 38.6 Å². The molecule has 6 N–H and O–H groups in total. The number of methoxy groups -OCH3 is 1. The zero-order valence-corrected chi connectivity index (χ0v) is 29.2. The molecular weight excluding hydrogens is 590 g/mol. The molecular formula is C33H59N7O6. The molecule has 0 spiro atoms. The number of ether oxygens (including phenoxy) is 1. The number of pyridine rings is 1. The number of H-pyrrole nitrogens is 1. The van der Waals surface area contributed by atoms with Crippen LogP contribution in [0.25, 0.3) is 0 Å². The van der Waals surface area contributed by atoms with Crippen LogP contribution < -0.4 is 22.3 Å². The highest BCUT2D eigenvalue weighted by Crippen LogP contribution is 2.35. The van der Waals surface area contributed by atoms with Crippen molar-refractivity contribution in [2.24, 2.45) is 23.7 Å². The van der Waals surface area contributed by atoms with Gasteiger partial charge in [0.2, 0.25) is 24.6 Å². The third kappa shape index (κ3) is 17.1. The fraction of sp³-hybridized carbons (Fsp3) is 0.697. The predicted octanol–water partition coefficient (Wildman–Crippen LogP) is 3.96. The molecule has 3 aliphatic rings. The monoisotopic (exact) mass is 649 g/mol. The number of aromatic amines is 1. The number of likely N-dealkylation sites (tertiary alicyclic amines) is 2. The summed E-state index contributed by atoms with van der Waals surface area (Å²) >= 11 is 0. The minimum Gasteiger partial charge on any atom is -0.382 e. The van der Waals surface area contributed by atoms with E-state index in [-0.39, 0.29) is 43.2 Å².